The van der Waals surface area contributed by atoms with Gasteiger partial charge in [-0.15, -0.1) is 0 Å². The molecule has 2 aliphatic rings. The van der Waals surface area contributed by atoms with Gasteiger partial charge in [-0.2, -0.15) is 11.3 Å². The molecule has 224 valence electrons. The quantitative estimate of drug-likeness (QED) is 0.271. The molecular formula is C31H31ClN4O6S. The van der Waals surface area contributed by atoms with Crippen molar-refractivity contribution in [2.45, 2.75) is 44.9 Å². The number of carboxylic acid groups (broad SMARTS) is 1. The minimum absolute atomic E-state index is 0.0987. The molecule has 2 unspecified atom stereocenters. The second-order valence-electron chi connectivity index (χ2n) is 11.3. The molecule has 2 atom stereocenters. The Balaban J connectivity index is 1.69. The second-order valence-corrected chi connectivity index (χ2v) is 12.5. The zero-order valence-corrected chi connectivity index (χ0v) is 25.4. The maximum absolute atomic E-state index is 14.4. The van der Waals surface area contributed by atoms with E-state index in [1.807, 2.05) is 49.7 Å². The van der Waals surface area contributed by atoms with Crippen molar-refractivity contribution in [1.29, 1.82) is 0 Å². The van der Waals surface area contributed by atoms with Crippen molar-refractivity contribution in [3.05, 3.63) is 86.6 Å². The van der Waals surface area contributed by atoms with E-state index in [9.17, 15) is 24.3 Å². The lowest BCUT2D eigenvalue weighted by Crippen LogP contribution is -2.55. The first-order valence-corrected chi connectivity index (χ1v) is 15.0. The first-order chi connectivity index (χ1) is 20.4. The number of Topliss-reactive ketones (excluding diaryl/α,β-unsaturated/α-hetero) is 1. The highest BCUT2D eigenvalue weighted by Gasteiger charge is 2.45. The molecule has 1 saturated heterocycles. The Hall–Kier alpha value is -4.22. The maximum Gasteiger partial charge on any atom is 0.326 e. The molecule has 0 spiro atoms. The monoisotopic (exact) mass is 622 g/mol. The summed E-state index contributed by atoms with van der Waals surface area (Å²) >= 11 is 7.70. The Bertz CT molecular complexity index is 1580. The summed E-state index contributed by atoms with van der Waals surface area (Å²) < 4.78 is 6.30. The average molecular weight is 623 g/mol. The van der Waals surface area contributed by atoms with Crippen molar-refractivity contribution in [3.63, 3.8) is 0 Å². The van der Waals surface area contributed by atoms with E-state index in [0.29, 0.717) is 29.5 Å². The zero-order valence-electron chi connectivity index (χ0n) is 23.9. The number of halogens is 1. The number of piperazine rings is 1. The third-order valence-electron chi connectivity index (χ3n) is 6.95. The summed E-state index contributed by atoms with van der Waals surface area (Å²) in [5, 5.41) is 16.4. The van der Waals surface area contributed by atoms with E-state index in [4.69, 9.17) is 21.3 Å². The minimum Gasteiger partial charge on any atom is -0.487 e. The lowest BCUT2D eigenvalue weighted by Gasteiger charge is -2.35. The van der Waals surface area contributed by atoms with Crippen LogP contribution in [0.25, 0.3) is 0 Å². The van der Waals surface area contributed by atoms with Crippen LogP contribution < -0.4 is 10.1 Å². The molecule has 5 rings (SSSR count). The maximum atomic E-state index is 14.4. The average Bonchev–Trinajstić information content (AvgIpc) is 3.60. The standard InChI is InChI=1S/C31H31ClN4O6S/c1-31(2,3)42-24-14-19(23(37)15-26(39)40)6-9-22(24)29-34-27(18-4-7-21(32)8-5-18)28(20-10-13-43-17-20)36(29)30(41)35-12-11-33-25(38)16-35/h4-10,13-14,17,27-28H,11-12,15-16H2,1-3H3,(H,33,38)(H,39,40). The van der Waals surface area contributed by atoms with Gasteiger partial charge >= 0.3 is 12.0 Å². The van der Waals surface area contributed by atoms with Crippen molar-refractivity contribution in [2.75, 3.05) is 19.6 Å². The van der Waals surface area contributed by atoms with Crippen molar-refractivity contribution in [3.8, 4) is 5.75 Å². The van der Waals surface area contributed by atoms with Gasteiger partial charge in [0.25, 0.3) is 0 Å². The lowest BCUT2D eigenvalue weighted by atomic mass is 9.95. The third-order valence-corrected chi connectivity index (χ3v) is 7.90. The van der Waals surface area contributed by atoms with E-state index in [1.54, 1.807) is 23.1 Å². The molecule has 1 aromatic heterocycles. The van der Waals surface area contributed by atoms with Gasteiger partial charge in [-0.25, -0.2) is 4.79 Å². The smallest absolute Gasteiger partial charge is 0.326 e. The fourth-order valence-corrected chi connectivity index (χ4v) is 5.94. The molecule has 0 bridgehead atoms. The number of urea groups is 1. The number of carbonyl (C=O) groups is 4. The molecule has 3 heterocycles. The van der Waals surface area contributed by atoms with Crippen LogP contribution in [0, 0.1) is 0 Å². The first-order valence-electron chi connectivity index (χ1n) is 13.7. The van der Waals surface area contributed by atoms with Gasteiger partial charge in [0.1, 0.15) is 36.2 Å². The van der Waals surface area contributed by atoms with Crippen LogP contribution in [-0.4, -0.2) is 69.7 Å². The van der Waals surface area contributed by atoms with Gasteiger partial charge in [0.15, 0.2) is 5.78 Å². The van der Waals surface area contributed by atoms with Crippen molar-refractivity contribution < 1.29 is 29.0 Å². The zero-order chi connectivity index (χ0) is 30.9. The van der Waals surface area contributed by atoms with Gasteiger partial charge in [-0.1, -0.05) is 29.8 Å². The number of amidine groups is 1. The summed E-state index contributed by atoms with van der Waals surface area (Å²) in [6.45, 7) is 6.09. The first kappa shape index (κ1) is 30.2. The number of carboxylic acids is 1. The number of carbonyl (C=O) groups excluding carboxylic acids is 3. The number of ether oxygens (including phenoxy) is 1. The Morgan fingerprint density at radius 2 is 1.86 bits per heavy atom. The predicted molar refractivity (Wildman–Crippen MR) is 163 cm³/mol. The van der Waals surface area contributed by atoms with Crippen LogP contribution in [0.5, 0.6) is 5.75 Å². The summed E-state index contributed by atoms with van der Waals surface area (Å²) in [6, 6.07) is 12.4. The molecule has 2 N–H and O–H groups in total. The van der Waals surface area contributed by atoms with Crippen LogP contribution in [-0.2, 0) is 9.59 Å². The topological polar surface area (TPSA) is 129 Å². The molecule has 0 saturated carbocycles. The molecule has 12 heteroatoms. The van der Waals surface area contributed by atoms with E-state index in [1.165, 1.54) is 28.4 Å². The van der Waals surface area contributed by atoms with Crippen LogP contribution in [0.2, 0.25) is 5.02 Å². The largest absolute Gasteiger partial charge is 0.487 e. The number of nitrogens with one attached hydrogen (secondary N) is 1. The molecule has 3 aromatic rings. The number of thiophene rings is 1. The van der Waals surface area contributed by atoms with Gasteiger partial charge in [0.2, 0.25) is 5.91 Å². The van der Waals surface area contributed by atoms with Crippen LogP contribution in [0.3, 0.4) is 0 Å². The number of nitrogens with zero attached hydrogens (tertiary/aromatic N) is 3. The van der Waals surface area contributed by atoms with Crippen molar-refractivity contribution in [2.24, 2.45) is 4.99 Å². The fourth-order valence-electron chi connectivity index (χ4n) is 5.13. The van der Waals surface area contributed by atoms with Crippen LogP contribution in [0.1, 0.15) is 66.3 Å². The Kier molecular flexibility index (Phi) is 8.57. The van der Waals surface area contributed by atoms with E-state index >= 15 is 0 Å². The molecule has 2 aromatic carbocycles. The van der Waals surface area contributed by atoms with Crippen molar-refractivity contribution >= 4 is 52.5 Å². The highest BCUT2D eigenvalue weighted by Crippen LogP contribution is 2.46. The summed E-state index contributed by atoms with van der Waals surface area (Å²) in [5.41, 5.74) is 1.61. The lowest BCUT2D eigenvalue weighted by molar-refractivity contribution is -0.136. The molecule has 0 radical (unpaired) electrons. The van der Waals surface area contributed by atoms with E-state index in [0.717, 1.165) is 11.1 Å². The highest BCUT2D eigenvalue weighted by atomic mass is 35.5. The number of aliphatic imine (C=N–C) groups is 1. The van der Waals surface area contributed by atoms with Crippen LogP contribution in [0.15, 0.2) is 64.3 Å². The molecule has 43 heavy (non-hydrogen) atoms. The summed E-state index contributed by atoms with van der Waals surface area (Å²) in [6.07, 6.45) is -0.671. The minimum atomic E-state index is -1.24. The van der Waals surface area contributed by atoms with Gasteiger partial charge in [0, 0.05) is 23.7 Å². The van der Waals surface area contributed by atoms with Crippen LogP contribution >= 0.6 is 22.9 Å². The van der Waals surface area contributed by atoms with Gasteiger partial charge in [0.05, 0.1) is 11.6 Å². The number of rotatable bonds is 7. The van der Waals surface area contributed by atoms with E-state index in [2.05, 4.69) is 5.32 Å². The Labute approximate surface area is 257 Å². The second kappa shape index (κ2) is 12.2. The summed E-state index contributed by atoms with van der Waals surface area (Å²) in [7, 11) is 0. The normalized spacial score (nSPS) is 18.7. The molecule has 10 nitrogen and oxygen atoms in total. The summed E-state index contributed by atoms with van der Waals surface area (Å²) in [4.78, 5) is 58.8. The molecule has 0 aliphatic carbocycles. The highest BCUT2D eigenvalue weighted by molar-refractivity contribution is 7.08. The number of aliphatic carboxylic acids is 1. The Morgan fingerprint density at radius 3 is 2.49 bits per heavy atom. The van der Waals surface area contributed by atoms with Crippen LogP contribution in [0.4, 0.5) is 4.79 Å². The molecule has 3 amide bonds. The number of ketones is 1. The molecule has 2 aliphatic heterocycles. The number of benzene rings is 2. The number of amides is 3. The predicted octanol–water partition coefficient (Wildman–Crippen LogP) is 5.33. The van der Waals surface area contributed by atoms with Crippen molar-refractivity contribution in [1.82, 2.24) is 15.1 Å². The van der Waals surface area contributed by atoms with Gasteiger partial charge in [-0.05, 0) is 73.0 Å². The Morgan fingerprint density at radius 1 is 1.12 bits per heavy atom. The van der Waals surface area contributed by atoms with E-state index < -0.39 is 41.9 Å². The van der Waals surface area contributed by atoms with Gasteiger partial charge < -0.3 is 20.1 Å². The SMILES string of the molecule is CC(C)(C)Oc1cc(C(=O)CC(=O)O)ccc1C1=NC(c2ccc(Cl)cc2)C(c2ccsc2)N1C(=O)N1CCNC(=O)C1. The number of hydrogen-bond acceptors (Lipinski definition) is 7. The molecular weight excluding hydrogens is 592 g/mol. The van der Waals surface area contributed by atoms with E-state index in [-0.39, 0.29) is 23.8 Å². The third kappa shape index (κ3) is 6.73. The molecule has 1 fully saturated rings. The summed E-state index contributed by atoms with van der Waals surface area (Å²) in [5.74, 6) is -1.48. The number of hydrogen-bond donors (Lipinski definition) is 2. The fraction of sp³-hybridized carbons (Fsp3) is 0.323. The van der Waals surface area contributed by atoms with Gasteiger partial charge in [-0.3, -0.25) is 24.3 Å².